The lowest BCUT2D eigenvalue weighted by Crippen LogP contribution is -2.60. The highest BCUT2D eigenvalue weighted by Crippen LogP contribution is 2.39. The van der Waals surface area contributed by atoms with Crippen molar-refractivity contribution in [3.63, 3.8) is 0 Å². The van der Waals surface area contributed by atoms with Gasteiger partial charge in [0.05, 0.1) is 16.6 Å². The number of carbonyl (C=O) groups is 2. The third-order valence-corrected chi connectivity index (χ3v) is 7.18. The molecule has 1 fully saturated rings. The number of carbonyl (C=O) groups excluding carboxylic acids is 2. The smallest absolute Gasteiger partial charge is 0.250 e. The average Bonchev–Trinajstić information content (AvgIpc) is 3.09. The number of hydrogen-bond donors (Lipinski definition) is 1. The number of nitrogens with one attached hydrogen (secondary N) is 1. The first-order valence-electron chi connectivity index (χ1n) is 10.6. The summed E-state index contributed by atoms with van der Waals surface area (Å²) in [6.45, 7) is 7.42. The summed E-state index contributed by atoms with van der Waals surface area (Å²) in [7, 11) is 0. The molecule has 2 aliphatic rings. The van der Waals surface area contributed by atoms with Crippen LogP contribution in [0.25, 0.3) is 0 Å². The maximum atomic E-state index is 13.6. The van der Waals surface area contributed by atoms with Gasteiger partial charge < -0.3 is 9.88 Å². The van der Waals surface area contributed by atoms with Gasteiger partial charge >= 0.3 is 0 Å². The van der Waals surface area contributed by atoms with Crippen LogP contribution in [0.4, 0.5) is 11.4 Å². The Morgan fingerprint density at radius 3 is 2.63 bits per heavy atom. The van der Waals surface area contributed by atoms with Gasteiger partial charge in [0, 0.05) is 6.04 Å². The lowest BCUT2D eigenvalue weighted by molar-refractivity contribution is -0.126. The number of nitrogens with zero attached hydrogens (tertiary/aromatic N) is 4. The molecular formula is C22H29N5O2S. The summed E-state index contributed by atoms with van der Waals surface area (Å²) in [5.41, 5.74) is 0.408. The summed E-state index contributed by atoms with van der Waals surface area (Å²) in [4.78, 5) is 27.9. The van der Waals surface area contributed by atoms with Gasteiger partial charge in [-0.1, -0.05) is 43.2 Å². The molecule has 0 spiro atoms. The van der Waals surface area contributed by atoms with Crippen LogP contribution in [0.5, 0.6) is 0 Å². The van der Waals surface area contributed by atoms with E-state index >= 15 is 0 Å². The Balaban J connectivity index is 1.61. The van der Waals surface area contributed by atoms with E-state index in [1.807, 2.05) is 38.1 Å². The lowest BCUT2D eigenvalue weighted by atomic mass is 9.95. The van der Waals surface area contributed by atoms with Gasteiger partial charge in [-0.2, -0.15) is 0 Å². The normalized spacial score (nSPS) is 19.9. The van der Waals surface area contributed by atoms with Crippen LogP contribution < -0.4 is 10.2 Å². The molecular weight excluding hydrogens is 398 g/mol. The van der Waals surface area contributed by atoms with E-state index < -0.39 is 10.8 Å². The fourth-order valence-electron chi connectivity index (χ4n) is 4.43. The molecule has 7 nitrogen and oxygen atoms in total. The Bertz CT molecular complexity index is 964. The molecule has 1 atom stereocenters. The van der Waals surface area contributed by atoms with Crippen LogP contribution in [0.3, 0.4) is 0 Å². The lowest BCUT2D eigenvalue weighted by Gasteiger charge is -2.43. The highest BCUT2D eigenvalue weighted by molar-refractivity contribution is 8.00. The van der Waals surface area contributed by atoms with Gasteiger partial charge in [-0.05, 0) is 52.7 Å². The molecule has 0 saturated heterocycles. The molecule has 1 aliphatic heterocycles. The zero-order chi connectivity index (χ0) is 21.5. The number of anilines is 2. The molecule has 1 aromatic heterocycles. The summed E-state index contributed by atoms with van der Waals surface area (Å²) in [6, 6.07) is 7.84. The van der Waals surface area contributed by atoms with Gasteiger partial charge in [0.1, 0.15) is 11.4 Å². The summed E-state index contributed by atoms with van der Waals surface area (Å²) in [5.74, 6) is 0.600. The zero-order valence-electron chi connectivity index (χ0n) is 18.0. The van der Waals surface area contributed by atoms with Crippen molar-refractivity contribution in [1.29, 1.82) is 0 Å². The maximum Gasteiger partial charge on any atom is 0.250 e. The first kappa shape index (κ1) is 20.9. The predicted molar refractivity (Wildman–Crippen MR) is 119 cm³/mol. The molecule has 1 aromatic carbocycles. The number of benzene rings is 1. The minimum Gasteiger partial charge on any atom is -0.322 e. The highest BCUT2D eigenvalue weighted by atomic mass is 32.2. The monoisotopic (exact) mass is 427 g/mol. The Kier molecular flexibility index (Phi) is 5.61. The molecule has 2 aromatic rings. The molecule has 0 radical (unpaired) electrons. The standard InChI is InChI=1S/C22H29N5O2S/c1-14(30-21-25-24-15(2)26(21)16-10-6-5-7-11-16)19(28)27-18-13-9-8-12-17(18)23-20(29)22(27,3)4/h8-9,12-14,16H,5-7,10-11H2,1-4H3,(H,23,29). The average molecular weight is 428 g/mol. The second-order valence-electron chi connectivity index (χ2n) is 8.66. The van der Waals surface area contributed by atoms with E-state index in [2.05, 4.69) is 20.1 Å². The second-order valence-corrected chi connectivity index (χ2v) is 9.96. The summed E-state index contributed by atoms with van der Waals surface area (Å²) >= 11 is 1.43. The molecule has 160 valence electrons. The zero-order valence-corrected chi connectivity index (χ0v) is 18.8. The number of hydrogen-bond acceptors (Lipinski definition) is 5. The number of fused-ring (bicyclic) bond motifs is 1. The minimum atomic E-state index is -0.979. The SMILES string of the molecule is Cc1nnc(SC(C)C(=O)N2c3ccccc3NC(=O)C2(C)C)n1C1CCCCC1. The number of rotatable bonds is 4. The summed E-state index contributed by atoms with van der Waals surface area (Å²) in [6.07, 6.45) is 5.97. The van der Waals surface area contributed by atoms with E-state index in [1.165, 1.54) is 31.0 Å². The van der Waals surface area contributed by atoms with Crippen LogP contribution in [-0.4, -0.2) is 37.4 Å². The van der Waals surface area contributed by atoms with Gasteiger partial charge in [-0.3, -0.25) is 14.5 Å². The first-order valence-corrected chi connectivity index (χ1v) is 11.5. The quantitative estimate of drug-likeness (QED) is 0.735. The van der Waals surface area contributed by atoms with Crippen molar-refractivity contribution >= 4 is 35.0 Å². The maximum absolute atomic E-state index is 13.6. The van der Waals surface area contributed by atoms with Crippen molar-refractivity contribution in [3.05, 3.63) is 30.1 Å². The van der Waals surface area contributed by atoms with Crippen molar-refractivity contribution in [2.75, 3.05) is 10.2 Å². The van der Waals surface area contributed by atoms with Crippen LogP contribution in [0, 0.1) is 6.92 Å². The minimum absolute atomic E-state index is 0.108. The fourth-order valence-corrected chi connectivity index (χ4v) is 5.43. The van der Waals surface area contributed by atoms with Crippen LogP contribution in [0.2, 0.25) is 0 Å². The first-order chi connectivity index (χ1) is 14.3. The van der Waals surface area contributed by atoms with E-state index in [9.17, 15) is 9.59 Å². The molecule has 30 heavy (non-hydrogen) atoms. The van der Waals surface area contributed by atoms with Gasteiger partial charge in [-0.15, -0.1) is 10.2 Å². The molecule has 2 heterocycles. The van der Waals surface area contributed by atoms with Gasteiger partial charge in [0.25, 0.3) is 0 Å². The van der Waals surface area contributed by atoms with Crippen molar-refractivity contribution < 1.29 is 9.59 Å². The van der Waals surface area contributed by atoms with Crippen LogP contribution in [0.15, 0.2) is 29.4 Å². The largest absolute Gasteiger partial charge is 0.322 e. The predicted octanol–water partition coefficient (Wildman–Crippen LogP) is 4.34. The molecule has 2 amide bonds. The second kappa shape index (κ2) is 8.06. The Hall–Kier alpha value is -2.35. The van der Waals surface area contributed by atoms with Crippen molar-refractivity contribution in [3.8, 4) is 0 Å². The van der Waals surface area contributed by atoms with E-state index in [4.69, 9.17) is 0 Å². The molecule has 1 aliphatic carbocycles. The molecule has 1 unspecified atom stereocenters. The van der Waals surface area contributed by atoms with Crippen molar-refractivity contribution in [2.45, 2.75) is 81.8 Å². The summed E-state index contributed by atoms with van der Waals surface area (Å²) < 4.78 is 2.20. The Labute approximate surface area is 181 Å². The van der Waals surface area contributed by atoms with Crippen molar-refractivity contribution in [1.82, 2.24) is 14.8 Å². The van der Waals surface area contributed by atoms with Crippen molar-refractivity contribution in [2.24, 2.45) is 0 Å². The van der Waals surface area contributed by atoms with E-state index in [0.717, 1.165) is 29.5 Å². The van der Waals surface area contributed by atoms with Gasteiger partial charge in [-0.25, -0.2) is 0 Å². The number of amides is 2. The summed E-state index contributed by atoms with van der Waals surface area (Å²) in [5, 5.41) is 12.0. The van der Waals surface area contributed by atoms with E-state index in [0.29, 0.717) is 11.7 Å². The third kappa shape index (κ3) is 3.62. The third-order valence-electron chi connectivity index (χ3n) is 6.13. The number of para-hydroxylation sites is 2. The number of aryl methyl sites for hydroxylation is 1. The van der Waals surface area contributed by atoms with Crippen LogP contribution in [0.1, 0.15) is 64.7 Å². The van der Waals surface area contributed by atoms with Gasteiger partial charge in [0.2, 0.25) is 11.8 Å². The topological polar surface area (TPSA) is 80.1 Å². The molecule has 1 N–H and O–H groups in total. The highest BCUT2D eigenvalue weighted by Gasteiger charge is 2.45. The fraction of sp³-hybridized carbons (Fsp3) is 0.545. The van der Waals surface area contributed by atoms with E-state index in [1.54, 1.807) is 18.7 Å². The molecule has 1 saturated carbocycles. The Morgan fingerprint density at radius 1 is 1.20 bits per heavy atom. The number of thioether (sulfide) groups is 1. The molecule has 8 heteroatoms. The van der Waals surface area contributed by atoms with Gasteiger partial charge in [0.15, 0.2) is 5.16 Å². The van der Waals surface area contributed by atoms with Crippen LogP contribution in [-0.2, 0) is 9.59 Å². The molecule has 0 bridgehead atoms. The number of aromatic nitrogens is 3. The molecule has 4 rings (SSSR count). The Morgan fingerprint density at radius 2 is 1.90 bits per heavy atom. The van der Waals surface area contributed by atoms with Crippen LogP contribution >= 0.6 is 11.8 Å². The van der Waals surface area contributed by atoms with E-state index in [-0.39, 0.29) is 11.8 Å².